The largest absolute Gasteiger partial charge is 0.354 e. The number of hydrogen-bond donors (Lipinski definition) is 3. The summed E-state index contributed by atoms with van der Waals surface area (Å²) >= 11 is 0. The number of amides is 2. The van der Waals surface area contributed by atoms with Crippen molar-refractivity contribution in [1.29, 1.82) is 0 Å². The van der Waals surface area contributed by atoms with Crippen LogP contribution in [0.1, 0.15) is 78.1 Å². The third kappa shape index (κ3) is 6.73. The number of hydrogen-bond acceptors (Lipinski definition) is 3. The lowest BCUT2D eigenvalue weighted by molar-refractivity contribution is -0.135. The van der Waals surface area contributed by atoms with Crippen LogP contribution in [0.15, 0.2) is 0 Å². The van der Waals surface area contributed by atoms with Gasteiger partial charge < -0.3 is 16.0 Å². The third-order valence-electron chi connectivity index (χ3n) is 6.03. The predicted molar refractivity (Wildman–Crippen MR) is 108 cm³/mol. The zero-order valence-electron chi connectivity index (χ0n) is 16.6. The van der Waals surface area contributed by atoms with E-state index >= 15 is 0 Å². The Bertz CT molecular complexity index is 433. The maximum absolute atomic E-state index is 12.8. The molecular weight excluding hydrogens is 350 g/mol. The van der Waals surface area contributed by atoms with Crippen molar-refractivity contribution in [2.45, 2.75) is 83.6 Å². The van der Waals surface area contributed by atoms with E-state index in [9.17, 15) is 9.59 Å². The van der Waals surface area contributed by atoms with Gasteiger partial charge in [0.2, 0.25) is 11.8 Å². The summed E-state index contributed by atoms with van der Waals surface area (Å²) in [6, 6.07) is 0. The van der Waals surface area contributed by atoms with Crippen molar-refractivity contribution in [3.05, 3.63) is 0 Å². The Labute approximate surface area is 165 Å². The molecule has 26 heavy (non-hydrogen) atoms. The van der Waals surface area contributed by atoms with Gasteiger partial charge in [-0.25, -0.2) is 0 Å². The molecule has 3 N–H and O–H groups in total. The number of nitrogens with one attached hydrogen (secondary N) is 3. The van der Waals surface area contributed by atoms with Crippen LogP contribution in [0.25, 0.3) is 0 Å². The zero-order chi connectivity index (χ0) is 18.1. The molecular formula is C20H38ClN3O2. The molecule has 1 saturated heterocycles. The highest BCUT2D eigenvalue weighted by Gasteiger charge is 2.40. The fourth-order valence-corrected chi connectivity index (χ4v) is 4.30. The van der Waals surface area contributed by atoms with E-state index in [1.54, 1.807) is 0 Å². The van der Waals surface area contributed by atoms with Crippen LogP contribution >= 0.6 is 12.4 Å². The molecule has 2 fully saturated rings. The molecule has 152 valence electrons. The molecule has 0 spiro atoms. The van der Waals surface area contributed by atoms with E-state index in [1.165, 1.54) is 0 Å². The maximum atomic E-state index is 12.8. The summed E-state index contributed by atoms with van der Waals surface area (Å²) < 4.78 is 0. The Morgan fingerprint density at radius 3 is 2.42 bits per heavy atom. The molecule has 0 aromatic heterocycles. The van der Waals surface area contributed by atoms with Crippen molar-refractivity contribution in [1.82, 2.24) is 16.0 Å². The highest BCUT2D eigenvalue weighted by atomic mass is 35.5. The van der Waals surface area contributed by atoms with E-state index in [0.29, 0.717) is 24.8 Å². The molecule has 0 aromatic carbocycles. The summed E-state index contributed by atoms with van der Waals surface area (Å²) in [5, 5.41) is 9.60. The smallest absolute Gasteiger partial charge is 0.245 e. The standard InChI is InChI=1S/C20H37N3O2.ClH/c1-3-4-12-22-19(25)20(10-6-5-7-11-20)23-18(24)15-16(2)17-8-13-21-14-9-17;/h16-17,21H,3-15H2,1-2H3,(H,22,25)(H,23,24);1H. The molecule has 1 atom stereocenters. The quantitative estimate of drug-likeness (QED) is 0.560. The van der Waals surface area contributed by atoms with Crippen LogP contribution in [-0.2, 0) is 9.59 Å². The lowest BCUT2D eigenvalue weighted by Crippen LogP contribution is -2.60. The molecule has 1 saturated carbocycles. The average Bonchev–Trinajstić information content (AvgIpc) is 2.63. The molecule has 1 aliphatic heterocycles. The van der Waals surface area contributed by atoms with E-state index < -0.39 is 5.54 Å². The summed E-state index contributed by atoms with van der Waals surface area (Å²) in [6.45, 7) is 7.12. The van der Waals surface area contributed by atoms with E-state index in [0.717, 1.165) is 70.9 Å². The van der Waals surface area contributed by atoms with Gasteiger partial charge in [0.1, 0.15) is 5.54 Å². The van der Waals surface area contributed by atoms with Gasteiger partial charge >= 0.3 is 0 Å². The lowest BCUT2D eigenvalue weighted by Gasteiger charge is -2.37. The first kappa shape index (κ1) is 23.2. The Morgan fingerprint density at radius 1 is 1.15 bits per heavy atom. The molecule has 1 heterocycles. The SMILES string of the molecule is CCCCNC(=O)C1(NC(=O)CC(C)C2CCNCC2)CCCCC1.Cl. The molecule has 0 aromatic rings. The molecule has 2 rings (SSSR count). The minimum absolute atomic E-state index is 0. The van der Waals surface area contributed by atoms with Gasteiger partial charge in [-0.3, -0.25) is 9.59 Å². The number of piperidine rings is 1. The minimum atomic E-state index is -0.670. The van der Waals surface area contributed by atoms with Crippen LogP contribution in [0.5, 0.6) is 0 Å². The van der Waals surface area contributed by atoms with Crippen molar-refractivity contribution in [2.75, 3.05) is 19.6 Å². The molecule has 6 heteroatoms. The summed E-state index contributed by atoms with van der Waals surface area (Å²) in [6.07, 6.45) is 9.64. The molecule has 1 unspecified atom stereocenters. The van der Waals surface area contributed by atoms with Gasteiger partial charge in [0.05, 0.1) is 0 Å². The monoisotopic (exact) mass is 387 g/mol. The first-order chi connectivity index (χ1) is 12.1. The van der Waals surface area contributed by atoms with Gasteiger partial charge in [-0.1, -0.05) is 39.5 Å². The van der Waals surface area contributed by atoms with Crippen LogP contribution < -0.4 is 16.0 Å². The number of carbonyl (C=O) groups excluding carboxylic acids is 2. The van der Waals surface area contributed by atoms with Crippen molar-refractivity contribution in [3.63, 3.8) is 0 Å². The van der Waals surface area contributed by atoms with Gasteiger partial charge in [0.15, 0.2) is 0 Å². The number of rotatable bonds is 8. The molecule has 2 amide bonds. The van der Waals surface area contributed by atoms with Crippen LogP contribution in [0.4, 0.5) is 0 Å². The van der Waals surface area contributed by atoms with Crippen molar-refractivity contribution < 1.29 is 9.59 Å². The third-order valence-corrected chi connectivity index (χ3v) is 6.03. The summed E-state index contributed by atoms with van der Waals surface area (Å²) in [4.78, 5) is 25.5. The summed E-state index contributed by atoms with van der Waals surface area (Å²) in [7, 11) is 0. The lowest BCUT2D eigenvalue weighted by atomic mass is 9.79. The first-order valence-electron chi connectivity index (χ1n) is 10.4. The van der Waals surface area contributed by atoms with Crippen LogP contribution in [0.3, 0.4) is 0 Å². The summed E-state index contributed by atoms with van der Waals surface area (Å²) in [5.41, 5.74) is -0.670. The number of halogens is 1. The summed E-state index contributed by atoms with van der Waals surface area (Å²) in [5.74, 6) is 1.08. The second kappa shape index (κ2) is 11.8. The Balaban J connectivity index is 0.00000338. The number of unbranched alkanes of at least 4 members (excludes halogenated alkanes) is 1. The Morgan fingerprint density at radius 2 is 1.81 bits per heavy atom. The van der Waals surface area contributed by atoms with Crippen molar-refractivity contribution >= 4 is 24.2 Å². The molecule has 0 bridgehead atoms. The fourth-order valence-electron chi connectivity index (χ4n) is 4.30. The van der Waals surface area contributed by atoms with E-state index in [-0.39, 0.29) is 24.2 Å². The van der Waals surface area contributed by atoms with Crippen LogP contribution in [0.2, 0.25) is 0 Å². The molecule has 2 aliphatic rings. The molecule has 0 radical (unpaired) electrons. The normalized spacial score (nSPS) is 21.3. The van der Waals surface area contributed by atoms with Gasteiger partial charge in [-0.05, 0) is 57.0 Å². The highest BCUT2D eigenvalue weighted by Crippen LogP contribution is 2.30. The first-order valence-corrected chi connectivity index (χ1v) is 10.4. The van der Waals surface area contributed by atoms with Crippen LogP contribution in [0, 0.1) is 11.8 Å². The second-order valence-electron chi connectivity index (χ2n) is 8.07. The van der Waals surface area contributed by atoms with Gasteiger partial charge in [-0.15, -0.1) is 12.4 Å². The van der Waals surface area contributed by atoms with Gasteiger partial charge in [0.25, 0.3) is 0 Å². The Kier molecular flexibility index (Phi) is 10.6. The van der Waals surface area contributed by atoms with Crippen molar-refractivity contribution in [3.8, 4) is 0 Å². The predicted octanol–water partition coefficient (Wildman–Crippen LogP) is 3.17. The second-order valence-corrected chi connectivity index (χ2v) is 8.07. The average molecular weight is 388 g/mol. The molecule has 5 nitrogen and oxygen atoms in total. The molecule has 1 aliphatic carbocycles. The minimum Gasteiger partial charge on any atom is -0.354 e. The van der Waals surface area contributed by atoms with E-state index in [1.807, 2.05) is 0 Å². The fraction of sp³-hybridized carbons (Fsp3) is 0.900. The topological polar surface area (TPSA) is 70.2 Å². The maximum Gasteiger partial charge on any atom is 0.245 e. The van der Waals surface area contributed by atoms with Crippen molar-refractivity contribution in [2.24, 2.45) is 11.8 Å². The zero-order valence-corrected chi connectivity index (χ0v) is 17.4. The van der Waals surface area contributed by atoms with E-state index in [2.05, 4.69) is 29.8 Å². The van der Waals surface area contributed by atoms with Crippen LogP contribution in [-0.4, -0.2) is 37.0 Å². The highest BCUT2D eigenvalue weighted by molar-refractivity contribution is 5.91. The van der Waals surface area contributed by atoms with Gasteiger partial charge in [-0.2, -0.15) is 0 Å². The Hall–Kier alpha value is -0.810. The van der Waals surface area contributed by atoms with E-state index in [4.69, 9.17) is 0 Å². The number of carbonyl (C=O) groups is 2. The van der Waals surface area contributed by atoms with Gasteiger partial charge in [0, 0.05) is 13.0 Å².